The number of likely N-dealkylation sites (N-methyl/N-ethyl adjacent to an activating group) is 1. The summed E-state index contributed by atoms with van der Waals surface area (Å²) in [6, 6.07) is 0. The van der Waals surface area contributed by atoms with Crippen molar-refractivity contribution < 1.29 is 4.79 Å². The third-order valence-corrected chi connectivity index (χ3v) is 2.59. The fourth-order valence-corrected chi connectivity index (χ4v) is 1.27. The van der Waals surface area contributed by atoms with Crippen molar-refractivity contribution in [2.75, 3.05) is 60.9 Å². The molecule has 0 amide bonds. The van der Waals surface area contributed by atoms with Crippen LogP contribution in [0.5, 0.6) is 0 Å². The van der Waals surface area contributed by atoms with Crippen LogP contribution in [0.4, 0.5) is 0 Å². The lowest BCUT2D eigenvalue weighted by Gasteiger charge is -2.07. The lowest BCUT2D eigenvalue weighted by atomic mass is 10.1. The third kappa shape index (κ3) is 44.9. The predicted molar refractivity (Wildman–Crippen MR) is 105 cm³/mol. The Bertz CT molecular complexity index is 209. The van der Waals surface area contributed by atoms with Crippen molar-refractivity contribution in [1.29, 1.82) is 0 Å². The van der Waals surface area contributed by atoms with Gasteiger partial charge in [-0.3, -0.25) is 4.79 Å². The quantitative estimate of drug-likeness (QED) is 0.553. The summed E-state index contributed by atoms with van der Waals surface area (Å²) in [6.07, 6.45) is 4.26. The van der Waals surface area contributed by atoms with Gasteiger partial charge in [-0.15, -0.1) is 0 Å². The Morgan fingerprint density at radius 2 is 1.22 bits per heavy atom. The first-order valence-electron chi connectivity index (χ1n) is 8.26. The summed E-state index contributed by atoms with van der Waals surface area (Å²) < 4.78 is 0. The minimum atomic E-state index is 0. The lowest BCUT2D eigenvalue weighted by molar-refractivity contribution is -0.119. The molecule has 0 fully saturated rings. The second-order valence-corrected chi connectivity index (χ2v) is 5.72. The molecule has 0 aliphatic carbocycles. The van der Waals surface area contributed by atoms with Crippen LogP contribution < -0.4 is 17.2 Å². The molecule has 0 atom stereocenters. The summed E-state index contributed by atoms with van der Waals surface area (Å²) in [5.74, 6) is 0.349. The average molecular weight is 336 g/mol. The first-order valence-corrected chi connectivity index (χ1v) is 8.26. The molecule has 0 bridgehead atoms. The van der Waals surface area contributed by atoms with Crippen molar-refractivity contribution in [2.45, 2.75) is 46.5 Å². The van der Waals surface area contributed by atoms with Gasteiger partial charge in [-0.05, 0) is 67.1 Å². The van der Waals surface area contributed by atoms with Crippen LogP contribution in [0, 0.1) is 0 Å². The molecule has 0 rings (SSSR count). The zero-order valence-corrected chi connectivity index (χ0v) is 15.6. The van der Waals surface area contributed by atoms with Gasteiger partial charge in [0, 0.05) is 25.9 Å². The van der Waals surface area contributed by atoms with Gasteiger partial charge in [-0.25, -0.2) is 0 Å². The van der Waals surface area contributed by atoms with Crippen LogP contribution in [0.15, 0.2) is 0 Å². The molecule has 0 saturated carbocycles. The van der Waals surface area contributed by atoms with Crippen LogP contribution in [-0.2, 0) is 4.79 Å². The number of nitrogens with two attached hydrogens (primary N) is 3. The van der Waals surface area contributed by atoms with Crippen molar-refractivity contribution in [2.24, 2.45) is 17.2 Å². The largest absolute Gasteiger partial charge is 0.330 e. The van der Waals surface area contributed by atoms with E-state index in [1.165, 1.54) is 0 Å². The number of ketones is 1. The van der Waals surface area contributed by atoms with E-state index in [-0.39, 0.29) is 7.43 Å². The summed E-state index contributed by atoms with van der Waals surface area (Å²) in [4.78, 5) is 15.3. The summed E-state index contributed by atoms with van der Waals surface area (Å²) in [5, 5.41) is 0. The second-order valence-electron chi connectivity index (χ2n) is 5.72. The Morgan fingerprint density at radius 1 is 0.783 bits per heavy atom. The molecule has 0 aliphatic heterocycles. The molecule has 0 radical (unpaired) electrons. The summed E-state index contributed by atoms with van der Waals surface area (Å²) >= 11 is 0. The van der Waals surface area contributed by atoms with E-state index in [1.807, 2.05) is 28.2 Å². The van der Waals surface area contributed by atoms with Gasteiger partial charge >= 0.3 is 0 Å². The van der Waals surface area contributed by atoms with Crippen molar-refractivity contribution in [1.82, 2.24) is 9.80 Å². The minimum Gasteiger partial charge on any atom is -0.330 e. The van der Waals surface area contributed by atoms with E-state index in [1.54, 1.807) is 0 Å². The lowest BCUT2D eigenvalue weighted by Crippen LogP contribution is -2.20. The normalized spacial score (nSPS) is 9.48. The molecule has 23 heavy (non-hydrogen) atoms. The maximum Gasteiger partial charge on any atom is 0.133 e. The molecule has 0 heterocycles. The van der Waals surface area contributed by atoms with Gasteiger partial charge in [0.15, 0.2) is 0 Å². The Kier molecular flexibility index (Phi) is 34.8. The summed E-state index contributed by atoms with van der Waals surface area (Å²) in [7, 11) is 8.05. The van der Waals surface area contributed by atoms with Crippen molar-refractivity contribution in [3.05, 3.63) is 0 Å². The highest BCUT2D eigenvalue weighted by Crippen LogP contribution is 1.98. The topological polar surface area (TPSA) is 102 Å². The molecule has 6 nitrogen and oxygen atoms in total. The number of hydrogen-bond donors (Lipinski definition) is 3. The predicted octanol–water partition coefficient (Wildman–Crippen LogP) is 1.13. The monoisotopic (exact) mass is 335 g/mol. The average Bonchev–Trinajstić information content (AvgIpc) is 2.45. The van der Waals surface area contributed by atoms with E-state index in [2.05, 4.69) is 16.7 Å². The van der Waals surface area contributed by atoms with Crippen molar-refractivity contribution in [3.8, 4) is 0 Å². The fraction of sp³-hybridized carbons (Fsp3) is 0.941. The van der Waals surface area contributed by atoms with Crippen LogP contribution in [-0.4, -0.2) is 76.5 Å². The number of hydrogen-bond acceptors (Lipinski definition) is 6. The number of carbonyl (C=O) groups is 1. The van der Waals surface area contributed by atoms with Crippen LogP contribution in [0.25, 0.3) is 0 Å². The number of rotatable bonds is 10. The second kappa shape index (κ2) is 26.4. The van der Waals surface area contributed by atoms with Crippen molar-refractivity contribution in [3.63, 3.8) is 0 Å². The maximum atomic E-state index is 11.1. The SMILES string of the molecule is C.CCCN.CN(C)CCCC(=O)CCCN.CN(C)CCN. The van der Waals surface area contributed by atoms with Crippen molar-refractivity contribution >= 4 is 5.78 Å². The van der Waals surface area contributed by atoms with E-state index >= 15 is 0 Å². The molecule has 0 saturated heterocycles. The highest BCUT2D eigenvalue weighted by molar-refractivity contribution is 5.78. The molecule has 0 unspecified atom stereocenters. The first kappa shape index (κ1) is 30.4. The zero-order valence-electron chi connectivity index (χ0n) is 15.6. The highest BCUT2D eigenvalue weighted by atomic mass is 16.1. The maximum absolute atomic E-state index is 11.1. The summed E-state index contributed by atoms with van der Waals surface area (Å²) in [5.41, 5.74) is 15.5. The number of Topliss-reactive ketones (excluding diaryl/α,β-unsaturated/α-hetero) is 1. The molecule has 0 aromatic rings. The molecular weight excluding hydrogens is 290 g/mol. The van der Waals surface area contributed by atoms with Gasteiger partial charge in [-0.2, -0.15) is 0 Å². The first-order chi connectivity index (χ1) is 10.3. The van der Waals surface area contributed by atoms with Crippen LogP contribution in [0.1, 0.15) is 46.5 Å². The molecule has 0 aliphatic rings. The van der Waals surface area contributed by atoms with Gasteiger partial charge in [-0.1, -0.05) is 14.4 Å². The highest BCUT2D eigenvalue weighted by Gasteiger charge is 2.00. The van der Waals surface area contributed by atoms with Gasteiger partial charge < -0.3 is 27.0 Å². The van der Waals surface area contributed by atoms with E-state index < -0.39 is 0 Å². The molecular formula is C17H45N5O. The molecule has 6 N–H and O–H groups in total. The Morgan fingerprint density at radius 3 is 1.48 bits per heavy atom. The molecule has 6 heteroatoms. The number of nitrogens with zero attached hydrogens (tertiary/aromatic N) is 2. The zero-order chi connectivity index (χ0) is 17.8. The van der Waals surface area contributed by atoms with E-state index in [0.29, 0.717) is 25.2 Å². The van der Waals surface area contributed by atoms with Gasteiger partial charge in [0.25, 0.3) is 0 Å². The third-order valence-electron chi connectivity index (χ3n) is 2.59. The van der Waals surface area contributed by atoms with Gasteiger partial charge in [0.1, 0.15) is 5.78 Å². The van der Waals surface area contributed by atoms with Crippen LogP contribution >= 0.6 is 0 Å². The van der Waals surface area contributed by atoms with Gasteiger partial charge in [0.05, 0.1) is 0 Å². The molecule has 0 aromatic heterocycles. The van der Waals surface area contributed by atoms with E-state index in [0.717, 1.165) is 45.4 Å². The smallest absolute Gasteiger partial charge is 0.133 e. The Hall–Kier alpha value is -0.530. The molecule has 144 valence electrons. The Labute approximate surface area is 145 Å². The van der Waals surface area contributed by atoms with E-state index in [9.17, 15) is 4.79 Å². The van der Waals surface area contributed by atoms with E-state index in [4.69, 9.17) is 17.2 Å². The summed E-state index contributed by atoms with van der Waals surface area (Å²) in [6.45, 7) is 6.24. The van der Waals surface area contributed by atoms with Gasteiger partial charge in [0.2, 0.25) is 0 Å². The Balaban J connectivity index is -0.000000138. The van der Waals surface area contributed by atoms with Crippen LogP contribution in [0.3, 0.4) is 0 Å². The number of carbonyl (C=O) groups excluding carboxylic acids is 1. The molecule has 0 spiro atoms. The van der Waals surface area contributed by atoms with Crippen LogP contribution in [0.2, 0.25) is 0 Å². The fourth-order valence-electron chi connectivity index (χ4n) is 1.27. The molecule has 0 aromatic carbocycles. The standard InChI is InChI=1S/C9H20N2O.C4H12N2.C3H9N.CH4/c1-11(2)8-4-6-9(12)5-3-7-10;1-6(2)4-3-5;1-2-3-4;/h3-8,10H2,1-2H3;3-5H2,1-2H3;2-4H2,1H3;1H4. The minimum absolute atomic E-state index is 0.